The Morgan fingerprint density at radius 3 is 2.69 bits per heavy atom. The zero-order valence-electron chi connectivity index (χ0n) is 15.0. The van der Waals surface area contributed by atoms with Gasteiger partial charge in [0.25, 0.3) is 0 Å². The van der Waals surface area contributed by atoms with E-state index in [-0.39, 0.29) is 0 Å². The lowest BCUT2D eigenvalue weighted by atomic mass is 10.1. The van der Waals surface area contributed by atoms with Crippen molar-refractivity contribution in [2.24, 2.45) is 0 Å². The summed E-state index contributed by atoms with van der Waals surface area (Å²) >= 11 is 6.09. The summed E-state index contributed by atoms with van der Waals surface area (Å²) in [7, 11) is 0. The summed E-state index contributed by atoms with van der Waals surface area (Å²) in [6.07, 6.45) is 6.01. The molecular weight excluding hydrogens is 346 g/mol. The molecule has 3 rings (SSSR count). The Balaban J connectivity index is 1.53. The van der Waals surface area contributed by atoms with Gasteiger partial charge in [-0.2, -0.15) is 0 Å². The van der Waals surface area contributed by atoms with Crippen LogP contribution in [-0.2, 0) is 6.42 Å². The first-order valence-corrected chi connectivity index (χ1v) is 9.50. The topological polar surface area (TPSA) is 47.0 Å². The molecule has 3 aromatic rings. The summed E-state index contributed by atoms with van der Waals surface area (Å²) in [5, 5.41) is 5.01. The molecule has 5 heteroatoms. The second-order valence-electron chi connectivity index (χ2n) is 6.26. The van der Waals surface area contributed by atoms with Crippen LogP contribution in [0.3, 0.4) is 0 Å². The number of halogens is 1. The minimum Gasteiger partial charge on any atom is -0.494 e. The second-order valence-corrected chi connectivity index (χ2v) is 6.70. The number of nitrogens with one attached hydrogen (secondary N) is 1. The molecular formula is C21H24ClN3O. The number of ether oxygens (including phenoxy) is 1. The van der Waals surface area contributed by atoms with Crippen molar-refractivity contribution in [3.63, 3.8) is 0 Å². The van der Waals surface area contributed by atoms with Crippen LogP contribution in [0, 0.1) is 0 Å². The molecule has 136 valence electrons. The van der Waals surface area contributed by atoms with Crippen molar-refractivity contribution in [3.8, 4) is 5.75 Å². The maximum Gasteiger partial charge on any atom is 0.137 e. The van der Waals surface area contributed by atoms with Crippen molar-refractivity contribution < 1.29 is 4.74 Å². The molecule has 0 fully saturated rings. The number of fused-ring (bicyclic) bond motifs is 1. The van der Waals surface area contributed by atoms with E-state index in [1.54, 1.807) is 6.33 Å². The fraction of sp³-hybridized carbons (Fsp3) is 0.333. The van der Waals surface area contributed by atoms with Crippen molar-refractivity contribution in [2.45, 2.75) is 32.6 Å². The molecule has 0 aliphatic rings. The van der Waals surface area contributed by atoms with E-state index in [1.807, 2.05) is 30.3 Å². The quantitative estimate of drug-likeness (QED) is 0.505. The van der Waals surface area contributed by atoms with Gasteiger partial charge >= 0.3 is 0 Å². The Morgan fingerprint density at radius 2 is 1.88 bits per heavy atom. The maximum absolute atomic E-state index is 6.09. The van der Waals surface area contributed by atoms with E-state index < -0.39 is 0 Å². The minimum atomic E-state index is 0.685. The van der Waals surface area contributed by atoms with Crippen molar-refractivity contribution in [1.29, 1.82) is 0 Å². The van der Waals surface area contributed by atoms with Crippen LogP contribution in [-0.4, -0.2) is 23.1 Å². The Kier molecular flexibility index (Phi) is 6.67. The van der Waals surface area contributed by atoms with Crippen LogP contribution in [0.5, 0.6) is 5.75 Å². The van der Waals surface area contributed by atoms with Crippen LogP contribution in [0.1, 0.15) is 31.7 Å². The van der Waals surface area contributed by atoms with Crippen molar-refractivity contribution in [1.82, 2.24) is 9.97 Å². The van der Waals surface area contributed by atoms with Gasteiger partial charge in [-0.25, -0.2) is 9.97 Å². The Labute approximate surface area is 159 Å². The van der Waals surface area contributed by atoms with E-state index >= 15 is 0 Å². The Bertz CT molecular complexity index is 836. The van der Waals surface area contributed by atoms with Gasteiger partial charge in [0.2, 0.25) is 0 Å². The highest BCUT2D eigenvalue weighted by Crippen LogP contribution is 2.23. The van der Waals surface area contributed by atoms with Gasteiger partial charge in [-0.1, -0.05) is 43.5 Å². The van der Waals surface area contributed by atoms with E-state index in [0.717, 1.165) is 48.5 Å². The van der Waals surface area contributed by atoms with Gasteiger partial charge in [0.15, 0.2) is 0 Å². The first kappa shape index (κ1) is 18.5. The van der Waals surface area contributed by atoms with E-state index in [1.165, 1.54) is 18.4 Å². The molecule has 4 nitrogen and oxygen atoms in total. The smallest absolute Gasteiger partial charge is 0.137 e. The van der Waals surface area contributed by atoms with Crippen molar-refractivity contribution >= 4 is 28.3 Å². The fourth-order valence-corrected chi connectivity index (χ4v) is 2.96. The summed E-state index contributed by atoms with van der Waals surface area (Å²) in [6.45, 7) is 3.77. The monoisotopic (exact) mass is 369 g/mol. The number of unbranched alkanes of at least 4 members (excludes halogenated alkanes) is 2. The van der Waals surface area contributed by atoms with Crippen molar-refractivity contribution in [2.75, 3.05) is 18.5 Å². The standard InChI is InChI=1S/C21H24ClN3O/c1-2-3-4-13-26-18-8-5-16(6-9-18)11-12-23-21-19-14-17(22)7-10-20(19)24-15-25-21/h5-10,14-15H,2-4,11-13H2,1H3,(H,23,24,25). The first-order chi connectivity index (χ1) is 12.8. The average Bonchev–Trinajstić information content (AvgIpc) is 2.67. The Morgan fingerprint density at radius 1 is 1.04 bits per heavy atom. The third kappa shape index (κ3) is 5.09. The first-order valence-electron chi connectivity index (χ1n) is 9.12. The van der Waals surface area contributed by atoms with Gasteiger partial charge in [-0.05, 0) is 48.7 Å². The number of aromatic nitrogens is 2. The molecule has 0 saturated carbocycles. The zero-order chi connectivity index (χ0) is 18.2. The summed E-state index contributed by atoms with van der Waals surface area (Å²) in [5.74, 6) is 1.75. The van der Waals surface area contributed by atoms with Gasteiger partial charge < -0.3 is 10.1 Å². The van der Waals surface area contributed by atoms with Crippen LogP contribution in [0.25, 0.3) is 10.9 Å². The molecule has 0 saturated heterocycles. The predicted octanol–water partition coefficient (Wildman–Crippen LogP) is 5.51. The van der Waals surface area contributed by atoms with Gasteiger partial charge in [0.05, 0.1) is 12.1 Å². The molecule has 0 bridgehead atoms. The highest BCUT2D eigenvalue weighted by molar-refractivity contribution is 6.31. The largest absolute Gasteiger partial charge is 0.494 e. The molecule has 0 aliphatic carbocycles. The summed E-state index contributed by atoms with van der Waals surface area (Å²) < 4.78 is 5.75. The van der Waals surface area contributed by atoms with Gasteiger partial charge in [-0.3, -0.25) is 0 Å². The highest BCUT2D eigenvalue weighted by Gasteiger charge is 2.04. The summed E-state index contributed by atoms with van der Waals surface area (Å²) in [5.41, 5.74) is 2.14. The van der Waals surface area contributed by atoms with Crippen molar-refractivity contribution in [3.05, 3.63) is 59.4 Å². The molecule has 0 aliphatic heterocycles. The van der Waals surface area contributed by atoms with Gasteiger partial charge in [0, 0.05) is 17.0 Å². The number of rotatable bonds is 9. The highest BCUT2D eigenvalue weighted by atomic mass is 35.5. The lowest BCUT2D eigenvalue weighted by Crippen LogP contribution is -2.07. The van der Waals surface area contributed by atoms with E-state index in [4.69, 9.17) is 16.3 Å². The number of anilines is 1. The maximum atomic E-state index is 6.09. The molecule has 2 aromatic carbocycles. The number of benzene rings is 2. The molecule has 1 N–H and O–H groups in total. The normalized spacial score (nSPS) is 10.8. The molecule has 0 atom stereocenters. The minimum absolute atomic E-state index is 0.685. The van der Waals surface area contributed by atoms with Crippen LogP contribution in [0.4, 0.5) is 5.82 Å². The predicted molar refractivity (Wildman–Crippen MR) is 108 cm³/mol. The third-order valence-electron chi connectivity index (χ3n) is 4.24. The average molecular weight is 370 g/mol. The lowest BCUT2D eigenvalue weighted by Gasteiger charge is -2.09. The zero-order valence-corrected chi connectivity index (χ0v) is 15.8. The van der Waals surface area contributed by atoms with Crippen LogP contribution >= 0.6 is 11.6 Å². The molecule has 0 spiro atoms. The SMILES string of the molecule is CCCCCOc1ccc(CCNc2ncnc3ccc(Cl)cc23)cc1. The number of hydrogen-bond acceptors (Lipinski definition) is 4. The molecule has 0 unspecified atom stereocenters. The number of hydrogen-bond donors (Lipinski definition) is 1. The third-order valence-corrected chi connectivity index (χ3v) is 4.48. The van der Waals surface area contributed by atoms with Gasteiger partial charge in [-0.15, -0.1) is 0 Å². The Hall–Kier alpha value is -2.33. The molecule has 0 radical (unpaired) electrons. The van der Waals surface area contributed by atoms with E-state index in [9.17, 15) is 0 Å². The van der Waals surface area contributed by atoms with Gasteiger partial charge in [0.1, 0.15) is 17.9 Å². The molecule has 26 heavy (non-hydrogen) atoms. The van der Waals surface area contributed by atoms with Crippen LogP contribution < -0.4 is 10.1 Å². The summed E-state index contributed by atoms with van der Waals surface area (Å²) in [6, 6.07) is 14.0. The summed E-state index contributed by atoms with van der Waals surface area (Å²) in [4.78, 5) is 8.61. The molecule has 1 heterocycles. The molecule has 0 amide bonds. The van der Waals surface area contributed by atoms with E-state index in [0.29, 0.717) is 5.02 Å². The number of nitrogens with zero attached hydrogens (tertiary/aromatic N) is 2. The van der Waals surface area contributed by atoms with Crippen LogP contribution in [0.15, 0.2) is 48.8 Å². The molecule has 1 aromatic heterocycles. The fourth-order valence-electron chi connectivity index (χ4n) is 2.79. The van der Waals surface area contributed by atoms with E-state index in [2.05, 4.69) is 34.3 Å². The van der Waals surface area contributed by atoms with Crippen LogP contribution in [0.2, 0.25) is 5.02 Å². The lowest BCUT2D eigenvalue weighted by molar-refractivity contribution is 0.306. The second kappa shape index (κ2) is 9.39.